The van der Waals surface area contributed by atoms with E-state index in [9.17, 15) is 14.0 Å². The quantitative estimate of drug-likeness (QED) is 0.537. The Hall–Kier alpha value is -3.55. The van der Waals surface area contributed by atoms with Gasteiger partial charge in [-0.2, -0.15) is 0 Å². The van der Waals surface area contributed by atoms with Crippen LogP contribution in [-0.4, -0.2) is 39.3 Å². The van der Waals surface area contributed by atoms with Gasteiger partial charge in [0.15, 0.2) is 17.6 Å². The number of carbonyl (C=O) groups excluding carboxylic acids is 2. The molecule has 1 N–H and O–H groups in total. The van der Waals surface area contributed by atoms with Gasteiger partial charge in [0.1, 0.15) is 5.82 Å². The normalized spacial score (nSPS) is 11.6. The molecule has 0 aliphatic rings. The molecule has 0 spiro atoms. The second kappa shape index (κ2) is 10.1. The summed E-state index contributed by atoms with van der Waals surface area (Å²) in [6.45, 7) is 1.42. The summed E-state index contributed by atoms with van der Waals surface area (Å²) in [7, 11) is 4.46. The van der Waals surface area contributed by atoms with Crippen LogP contribution in [0.3, 0.4) is 0 Å². The van der Waals surface area contributed by atoms with Crippen LogP contribution in [0.5, 0.6) is 17.2 Å². The number of methoxy groups -OCH3 is 3. The minimum absolute atomic E-state index is 0.269. The van der Waals surface area contributed by atoms with Crippen LogP contribution in [0.2, 0.25) is 0 Å². The van der Waals surface area contributed by atoms with Gasteiger partial charge in [0.2, 0.25) is 5.75 Å². The average Bonchev–Trinajstić information content (AvgIpc) is 2.71. The number of ether oxygens (including phenoxy) is 4. The van der Waals surface area contributed by atoms with Crippen LogP contribution >= 0.6 is 0 Å². The van der Waals surface area contributed by atoms with Crippen molar-refractivity contribution >= 4 is 23.6 Å². The van der Waals surface area contributed by atoms with Gasteiger partial charge in [0.05, 0.1) is 21.3 Å². The van der Waals surface area contributed by atoms with Gasteiger partial charge in [-0.3, -0.25) is 4.79 Å². The highest BCUT2D eigenvalue weighted by molar-refractivity contribution is 5.96. The van der Waals surface area contributed by atoms with Gasteiger partial charge in [-0.15, -0.1) is 0 Å². The molecule has 0 aliphatic heterocycles. The van der Waals surface area contributed by atoms with Crippen molar-refractivity contribution in [3.05, 3.63) is 53.9 Å². The van der Waals surface area contributed by atoms with Crippen molar-refractivity contribution in [2.45, 2.75) is 13.0 Å². The molecule has 7 nitrogen and oxygen atoms in total. The first kappa shape index (κ1) is 21.7. The topological polar surface area (TPSA) is 83.1 Å². The van der Waals surface area contributed by atoms with E-state index in [0.717, 1.165) is 6.07 Å². The highest BCUT2D eigenvalue weighted by Gasteiger charge is 2.17. The fraction of sp³-hybridized carbons (Fsp3) is 0.238. The number of hydrogen-bond donors (Lipinski definition) is 1. The first-order chi connectivity index (χ1) is 13.9. The SMILES string of the molecule is COc1cc(/C=C/C(=O)OC(C)C(=O)Nc2cccc(F)c2)cc(OC)c1OC. The number of rotatable bonds is 8. The number of benzene rings is 2. The van der Waals surface area contributed by atoms with E-state index < -0.39 is 23.8 Å². The van der Waals surface area contributed by atoms with E-state index in [1.54, 1.807) is 12.1 Å². The van der Waals surface area contributed by atoms with E-state index in [2.05, 4.69) is 5.32 Å². The third-order valence-corrected chi connectivity index (χ3v) is 3.85. The lowest BCUT2D eigenvalue weighted by Gasteiger charge is -2.13. The van der Waals surface area contributed by atoms with Crippen LogP contribution in [0, 0.1) is 5.82 Å². The average molecular weight is 403 g/mol. The Bertz CT molecular complexity index is 887. The first-order valence-electron chi connectivity index (χ1n) is 8.63. The van der Waals surface area contributed by atoms with Crippen molar-refractivity contribution < 1.29 is 32.9 Å². The number of esters is 1. The molecule has 2 aromatic rings. The number of amides is 1. The monoisotopic (exact) mass is 403 g/mol. The van der Waals surface area contributed by atoms with Gasteiger partial charge in [0, 0.05) is 11.8 Å². The van der Waals surface area contributed by atoms with E-state index in [1.807, 2.05) is 0 Å². The summed E-state index contributed by atoms with van der Waals surface area (Å²) in [5.74, 6) is -0.491. The minimum Gasteiger partial charge on any atom is -0.493 e. The maximum absolute atomic E-state index is 13.2. The Morgan fingerprint density at radius 1 is 1.03 bits per heavy atom. The molecule has 2 rings (SSSR count). The Kier molecular flexibility index (Phi) is 7.59. The summed E-state index contributed by atoms with van der Waals surface area (Å²) in [5, 5.41) is 2.48. The highest BCUT2D eigenvalue weighted by Crippen LogP contribution is 2.38. The molecule has 0 radical (unpaired) electrons. The van der Waals surface area contributed by atoms with E-state index in [-0.39, 0.29) is 5.69 Å². The number of carbonyl (C=O) groups is 2. The summed E-state index contributed by atoms with van der Waals surface area (Å²) in [4.78, 5) is 24.1. The van der Waals surface area contributed by atoms with Crippen molar-refractivity contribution in [1.82, 2.24) is 0 Å². The Morgan fingerprint density at radius 2 is 1.69 bits per heavy atom. The maximum Gasteiger partial charge on any atom is 0.331 e. The number of anilines is 1. The molecular formula is C21H22FNO6. The zero-order valence-corrected chi connectivity index (χ0v) is 16.5. The van der Waals surface area contributed by atoms with Crippen LogP contribution in [-0.2, 0) is 14.3 Å². The van der Waals surface area contributed by atoms with Crippen LogP contribution < -0.4 is 19.5 Å². The molecule has 0 heterocycles. The van der Waals surface area contributed by atoms with Crippen molar-refractivity contribution in [2.24, 2.45) is 0 Å². The molecular weight excluding hydrogens is 381 g/mol. The molecule has 0 aliphatic carbocycles. The van der Waals surface area contributed by atoms with E-state index in [0.29, 0.717) is 22.8 Å². The summed E-state index contributed by atoms with van der Waals surface area (Å²) >= 11 is 0. The fourth-order valence-electron chi connectivity index (χ4n) is 2.44. The predicted molar refractivity (Wildman–Crippen MR) is 106 cm³/mol. The summed E-state index contributed by atoms with van der Waals surface area (Å²) in [6.07, 6.45) is 1.59. The van der Waals surface area contributed by atoms with Crippen LogP contribution in [0.15, 0.2) is 42.5 Å². The second-order valence-corrected chi connectivity index (χ2v) is 5.87. The molecule has 1 atom stereocenters. The van der Waals surface area contributed by atoms with Crippen molar-refractivity contribution in [3.8, 4) is 17.2 Å². The number of halogens is 1. The first-order valence-corrected chi connectivity index (χ1v) is 8.63. The molecule has 0 aromatic heterocycles. The van der Waals surface area contributed by atoms with E-state index in [4.69, 9.17) is 18.9 Å². The Labute approximate surface area is 168 Å². The lowest BCUT2D eigenvalue weighted by molar-refractivity contribution is -0.148. The Morgan fingerprint density at radius 3 is 2.24 bits per heavy atom. The largest absolute Gasteiger partial charge is 0.493 e. The van der Waals surface area contributed by atoms with Gasteiger partial charge >= 0.3 is 5.97 Å². The summed E-state index contributed by atoms with van der Waals surface area (Å²) < 4.78 is 34.0. The third-order valence-electron chi connectivity index (χ3n) is 3.85. The highest BCUT2D eigenvalue weighted by atomic mass is 19.1. The van der Waals surface area contributed by atoms with Crippen LogP contribution in [0.4, 0.5) is 10.1 Å². The zero-order valence-electron chi connectivity index (χ0n) is 16.5. The lowest BCUT2D eigenvalue weighted by atomic mass is 10.1. The minimum atomic E-state index is -1.07. The molecule has 8 heteroatoms. The third kappa shape index (κ3) is 5.97. The standard InChI is InChI=1S/C21H22FNO6/c1-13(21(25)23-16-7-5-6-15(22)12-16)29-19(24)9-8-14-10-17(26-2)20(28-4)18(11-14)27-3/h5-13H,1-4H3,(H,23,25)/b9-8+. The smallest absolute Gasteiger partial charge is 0.331 e. The van der Waals surface area contributed by atoms with Crippen LogP contribution in [0.1, 0.15) is 12.5 Å². The van der Waals surface area contributed by atoms with Crippen molar-refractivity contribution in [3.63, 3.8) is 0 Å². The molecule has 1 amide bonds. The van der Waals surface area contributed by atoms with E-state index >= 15 is 0 Å². The molecule has 2 aromatic carbocycles. The second-order valence-electron chi connectivity index (χ2n) is 5.87. The zero-order chi connectivity index (χ0) is 21.4. The molecule has 0 fully saturated rings. The molecule has 0 bridgehead atoms. The van der Waals surface area contributed by atoms with Gasteiger partial charge in [-0.1, -0.05) is 6.07 Å². The molecule has 154 valence electrons. The lowest BCUT2D eigenvalue weighted by Crippen LogP contribution is -2.29. The van der Waals surface area contributed by atoms with Crippen LogP contribution in [0.25, 0.3) is 6.08 Å². The summed E-state index contributed by atoms with van der Waals surface area (Å²) in [5.41, 5.74) is 0.874. The van der Waals surface area contributed by atoms with E-state index in [1.165, 1.54) is 58.6 Å². The molecule has 29 heavy (non-hydrogen) atoms. The Balaban J connectivity index is 2.02. The van der Waals surface area contributed by atoms with Gasteiger partial charge in [-0.25, -0.2) is 9.18 Å². The van der Waals surface area contributed by atoms with Gasteiger partial charge < -0.3 is 24.3 Å². The maximum atomic E-state index is 13.2. The number of nitrogens with one attached hydrogen (secondary N) is 1. The number of hydrogen-bond acceptors (Lipinski definition) is 6. The fourth-order valence-corrected chi connectivity index (χ4v) is 2.44. The molecule has 0 saturated heterocycles. The predicted octanol–water partition coefficient (Wildman–Crippen LogP) is 3.44. The van der Waals surface area contributed by atoms with Crippen molar-refractivity contribution in [1.29, 1.82) is 0 Å². The van der Waals surface area contributed by atoms with Crippen molar-refractivity contribution in [2.75, 3.05) is 26.6 Å². The summed E-state index contributed by atoms with van der Waals surface area (Å²) in [6, 6.07) is 8.72. The van der Waals surface area contributed by atoms with Gasteiger partial charge in [-0.05, 0) is 48.9 Å². The van der Waals surface area contributed by atoms with Gasteiger partial charge in [0.25, 0.3) is 5.91 Å². The molecule has 1 unspecified atom stereocenters. The molecule has 0 saturated carbocycles.